The van der Waals surface area contributed by atoms with Gasteiger partial charge in [-0.2, -0.15) is 0 Å². The van der Waals surface area contributed by atoms with Gasteiger partial charge in [0.25, 0.3) is 6.43 Å². The second-order valence-corrected chi connectivity index (χ2v) is 4.00. The van der Waals surface area contributed by atoms with Crippen molar-refractivity contribution >= 4 is 32.8 Å². The highest BCUT2D eigenvalue weighted by Crippen LogP contribution is 2.21. The molecule has 2 rings (SSSR count). The Balaban J connectivity index is 2.32. The second-order valence-electron chi connectivity index (χ2n) is 3.14. The standard InChI is InChI=1S/C10H8BrF2N3/c11-7-3-1-2-6-4-14-10(16-9(6)7)15-5-8(12)13/h1-4,8H,5H2,(H,14,15,16). The van der Waals surface area contributed by atoms with Crippen molar-refractivity contribution in [1.29, 1.82) is 0 Å². The summed E-state index contributed by atoms with van der Waals surface area (Å²) < 4.78 is 24.8. The van der Waals surface area contributed by atoms with E-state index in [0.717, 1.165) is 9.86 Å². The Morgan fingerprint density at radius 2 is 2.19 bits per heavy atom. The van der Waals surface area contributed by atoms with Crippen molar-refractivity contribution in [2.45, 2.75) is 6.43 Å². The summed E-state index contributed by atoms with van der Waals surface area (Å²) in [6.45, 7) is -0.448. The normalized spacial score (nSPS) is 11.0. The minimum Gasteiger partial charge on any atom is -0.348 e. The molecule has 0 aliphatic carbocycles. The first kappa shape index (κ1) is 11.2. The van der Waals surface area contributed by atoms with E-state index in [1.54, 1.807) is 6.20 Å². The number of rotatable bonds is 3. The fraction of sp³-hybridized carbons (Fsp3) is 0.200. The Kier molecular flexibility index (Phi) is 3.28. The number of nitrogens with zero attached hydrogens (tertiary/aromatic N) is 2. The number of hydrogen-bond acceptors (Lipinski definition) is 3. The van der Waals surface area contributed by atoms with Crippen LogP contribution in [0.25, 0.3) is 10.9 Å². The van der Waals surface area contributed by atoms with Crippen LogP contribution in [-0.4, -0.2) is 22.9 Å². The maximum atomic E-state index is 12.0. The highest BCUT2D eigenvalue weighted by Gasteiger charge is 2.05. The van der Waals surface area contributed by atoms with Gasteiger partial charge in [0.1, 0.15) is 0 Å². The van der Waals surface area contributed by atoms with Crippen LogP contribution in [0, 0.1) is 0 Å². The van der Waals surface area contributed by atoms with Gasteiger partial charge in [-0.1, -0.05) is 12.1 Å². The molecule has 0 saturated heterocycles. The number of benzene rings is 1. The van der Waals surface area contributed by atoms with Crippen molar-refractivity contribution in [1.82, 2.24) is 9.97 Å². The molecule has 0 atom stereocenters. The molecule has 16 heavy (non-hydrogen) atoms. The molecule has 0 radical (unpaired) electrons. The molecular formula is C10H8BrF2N3. The van der Waals surface area contributed by atoms with E-state index >= 15 is 0 Å². The molecule has 0 aliphatic rings. The third kappa shape index (κ3) is 2.44. The summed E-state index contributed by atoms with van der Waals surface area (Å²) in [5.74, 6) is 0.208. The van der Waals surface area contributed by atoms with Crippen LogP contribution in [0.15, 0.2) is 28.9 Å². The van der Waals surface area contributed by atoms with Gasteiger partial charge in [-0.25, -0.2) is 18.7 Å². The van der Waals surface area contributed by atoms with Crippen molar-refractivity contribution in [3.8, 4) is 0 Å². The Morgan fingerprint density at radius 1 is 1.38 bits per heavy atom. The molecule has 1 aromatic carbocycles. The lowest BCUT2D eigenvalue weighted by molar-refractivity contribution is 0.163. The molecule has 0 saturated carbocycles. The largest absolute Gasteiger partial charge is 0.348 e. The van der Waals surface area contributed by atoms with Crippen molar-refractivity contribution < 1.29 is 8.78 Å². The molecule has 84 valence electrons. The monoisotopic (exact) mass is 287 g/mol. The van der Waals surface area contributed by atoms with E-state index in [-0.39, 0.29) is 5.95 Å². The number of alkyl halides is 2. The topological polar surface area (TPSA) is 37.8 Å². The van der Waals surface area contributed by atoms with E-state index in [1.807, 2.05) is 18.2 Å². The first-order valence-corrected chi connectivity index (χ1v) is 5.39. The van der Waals surface area contributed by atoms with Gasteiger partial charge in [-0.3, -0.25) is 0 Å². The van der Waals surface area contributed by atoms with E-state index in [9.17, 15) is 8.78 Å². The van der Waals surface area contributed by atoms with E-state index in [2.05, 4.69) is 31.2 Å². The first-order valence-electron chi connectivity index (χ1n) is 4.60. The number of aromatic nitrogens is 2. The Labute approximate surface area is 99.0 Å². The predicted octanol–water partition coefficient (Wildman–Crippen LogP) is 3.07. The average Bonchev–Trinajstić information content (AvgIpc) is 2.27. The van der Waals surface area contributed by atoms with Crippen molar-refractivity contribution in [3.05, 3.63) is 28.9 Å². The predicted molar refractivity (Wildman–Crippen MR) is 61.7 cm³/mol. The molecule has 0 unspecified atom stereocenters. The Hall–Kier alpha value is -1.30. The summed E-state index contributed by atoms with van der Waals surface area (Å²) in [6, 6.07) is 5.56. The molecule has 1 N–H and O–H groups in total. The second kappa shape index (κ2) is 4.69. The van der Waals surface area contributed by atoms with Crippen molar-refractivity contribution in [2.24, 2.45) is 0 Å². The number of nitrogens with one attached hydrogen (secondary N) is 1. The van der Waals surface area contributed by atoms with Crippen LogP contribution in [0.5, 0.6) is 0 Å². The van der Waals surface area contributed by atoms with E-state index in [0.29, 0.717) is 5.52 Å². The number of halogens is 3. The molecule has 0 bridgehead atoms. The van der Waals surface area contributed by atoms with Crippen LogP contribution < -0.4 is 5.32 Å². The van der Waals surface area contributed by atoms with Crippen LogP contribution in [0.4, 0.5) is 14.7 Å². The molecule has 0 amide bonds. The van der Waals surface area contributed by atoms with Crippen molar-refractivity contribution in [2.75, 3.05) is 11.9 Å². The zero-order valence-corrected chi connectivity index (χ0v) is 9.71. The molecule has 0 spiro atoms. The summed E-state index contributed by atoms with van der Waals surface area (Å²) in [7, 11) is 0. The van der Waals surface area contributed by atoms with Gasteiger partial charge in [0.15, 0.2) is 0 Å². The van der Waals surface area contributed by atoms with Crippen LogP contribution in [0.1, 0.15) is 0 Å². The molecule has 0 fully saturated rings. The van der Waals surface area contributed by atoms with Crippen LogP contribution >= 0.6 is 15.9 Å². The van der Waals surface area contributed by atoms with Crippen LogP contribution in [-0.2, 0) is 0 Å². The lowest BCUT2D eigenvalue weighted by Gasteiger charge is -2.05. The van der Waals surface area contributed by atoms with Gasteiger partial charge in [0.2, 0.25) is 5.95 Å². The summed E-state index contributed by atoms with van der Waals surface area (Å²) in [5.41, 5.74) is 0.703. The Bertz CT molecular complexity index is 504. The molecular weight excluding hydrogens is 280 g/mol. The number of hydrogen-bond donors (Lipinski definition) is 1. The van der Waals surface area contributed by atoms with Crippen LogP contribution in [0.3, 0.4) is 0 Å². The number of anilines is 1. The molecule has 1 heterocycles. The molecule has 2 aromatic rings. The van der Waals surface area contributed by atoms with E-state index in [4.69, 9.17) is 0 Å². The highest BCUT2D eigenvalue weighted by atomic mass is 79.9. The van der Waals surface area contributed by atoms with Gasteiger partial charge >= 0.3 is 0 Å². The van der Waals surface area contributed by atoms with Gasteiger partial charge < -0.3 is 5.32 Å². The molecule has 6 heteroatoms. The Morgan fingerprint density at radius 3 is 2.94 bits per heavy atom. The minimum absolute atomic E-state index is 0.208. The van der Waals surface area contributed by atoms with Gasteiger partial charge in [-0.05, 0) is 22.0 Å². The van der Waals surface area contributed by atoms with Crippen LogP contribution in [0.2, 0.25) is 0 Å². The number of fused-ring (bicyclic) bond motifs is 1. The van der Waals surface area contributed by atoms with Crippen molar-refractivity contribution in [3.63, 3.8) is 0 Å². The lowest BCUT2D eigenvalue weighted by Crippen LogP contribution is -2.12. The van der Waals surface area contributed by atoms with Gasteiger partial charge in [-0.15, -0.1) is 0 Å². The minimum atomic E-state index is -2.42. The summed E-state index contributed by atoms with van der Waals surface area (Å²) in [6.07, 6.45) is -0.820. The fourth-order valence-corrected chi connectivity index (χ4v) is 1.74. The zero-order valence-electron chi connectivity index (χ0n) is 8.12. The maximum Gasteiger partial charge on any atom is 0.255 e. The molecule has 0 aliphatic heterocycles. The maximum absolute atomic E-state index is 12.0. The van der Waals surface area contributed by atoms with E-state index in [1.165, 1.54) is 0 Å². The summed E-state index contributed by atoms with van der Waals surface area (Å²) in [4.78, 5) is 8.09. The molecule has 1 aromatic heterocycles. The summed E-state index contributed by atoms with van der Waals surface area (Å²) in [5, 5.41) is 3.33. The summed E-state index contributed by atoms with van der Waals surface area (Å²) >= 11 is 3.34. The van der Waals surface area contributed by atoms with E-state index < -0.39 is 13.0 Å². The van der Waals surface area contributed by atoms with Gasteiger partial charge in [0, 0.05) is 16.1 Å². The SMILES string of the molecule is FC(F)CNc1ncc2cccc(Br)c2n1. The lowest BCUT2D eigenvalue weighted by atomic mass is 10.2. The quantitative estimate of drug-likeness (QED) is 0.943. The highest BCUT2D eigenvalue weighted by molar-refractivity contribution is 9.10. The van der Waals surface area contributed by atoms with Gasteiger partial charge in [0.05, 0.1) is 12.1 Å². The molecule has 3 nitrogen and oxygen atoms in total. The first-order chi connectivity index (χ1) is 7.66. The smallest absolute Gasteiger partial charge is 0.255 e. The average molecular weight is 288 g/mol. The fourth-order valence-electron chi connectivity index (χ4n) is 1.27. The third-order valence-corrected chi connectivity index (χ3v) is 2.62. The zero-order chi connectivity index (χ0) is 11.5. The number of para-hydroxylation sites is 1. The third-order valence-electron chi connectivity index (χ3n) is 1.98.